The highest BCUT2D eigenvalue weighted by atomic mass is 16.1. The normalized spacial score (nSPS) is 14.9. The fourth-order valence-corrected chi connectivity index (χ4v) is 5.27. The predicted molar refractivity (Wildman–Crippen MR) is 150 cm³/mol. The lowest BCUT2D eigenvalue weighted by atomic mass is 10.0. The summed E-state index contributed by atoms with van der Waals surface area (Å²) in [4.78, 5) is 32.1. The van der Waals surface area contributed by atoms with Crippen molar-refractivity contribution in [3.05, 3.63) is 59.1 Å². The second kappa shape index (κ2) is 9.56. The maximum absolute atomic E-state index is 13.3. The zero-order valence-electron chi connectivity index (χ0n) is 22.2. The Morgan fingerprint density at radius 1 is 1.08 bits per heavy atom. The first kappa shape index (κ1) is 24.1. The average molecular weight is 513 g/mol. The largest absolute Gasteiger partial charge is 0.357 e. The van der Waals surface area contributed by atoms with Crippen molar-refractivity contribution in [2.75, 3.05) is 37.4 Å². The molecule has 0 amide bonds. The second-order valence-electron chi connectivity index (χ2n) is 9.93. The van der Waals surface area contributed by atoms with Crippen molar-refractivity contribution in [1.82, 2.24) is 39.0 Å². The summed E-state index contributed by atoms with van der Waals surface area (Å²) >= 11 is 0. The number of rotatable bonds is 6. The number of piperidine rings is 1. The van der Waals surface area contributed by atoms with E-state index in [0.29, 0.717) is 35.4 Å². The number of fused-ring (bicyclic) bond motifs is 2. The Morgan fingerprint density at radius 2 is 1.89 bits per heavy atom. The van der Waals surface area contributed by atoms with Crippen LogP contribution in [0.15, 0.2) is 53.6 Å². The molecular weight excluding hydrogens is 480 g/mol. The van der Waals surface area contributed by atoms with Gasteiger partial charge in [0.15, 0.2) is 11.5 Å². The first-order valence-corrected chi connectivity index (χ1v) is 13.0. The van der Waals surface area contributed by atoms with E-state index in [1.165, 1.54) is 0 Å². The van der Waals surface area contributed by atoms with Crippen molar-refractivity contribution in [2.45, 2.75) is 32.4 Å². The Kier molecular flexibility index (Phi) is 6.07. The molecule has 1 fully saturated rings. The number of anilines is 3. The van der Waals surface area contributed by atoms with Crippen LogP contribution in [0.25, 0.3) is 27.8 Å². The minimum absolute atomic E-state index is 0.137. The summed E-state index contributed by atoms with van der Waals surface area (Å²) in [5.74, 6) is 1.94. The fraction of sp³-hybridized carbons (Fsp3) is 0.370. The summed E-state index contributed by atoms with van der Waals surface area (Å²) in [6, 6.07) is 12.3. The lowest BCUT2D eigenvalue weighted by Crippen LogP contribution is -2.42. The Labute approximate surface area is 220 Å². The molecule has 0 unspecified atom stereocenters. The van der Waals surface area contributed by atoms with E-state index < -0.39 is 0 Å². The van der Waals surface area contributed by atoms with E-state index in [1.807, 2.05) is 61.2 Å². The smallest absolute Gasteiger partial charge is 0.278 e. The molecule has 196 valence electrons. The summed E-state index contributed by atoms with van der Waals surface area (Å²) in [6.45, 7) is 4.58. The van der Waals surface area contributed by atoms with Crippen molar-refractivity contribution in [3.8, 4) is 5.82 Å². The van der Waals surface area contributed by atoms with E-state index in [4.69, 9.17) is 9.97 Å². The van der Waals surface area contributed by atoms with Crippen LogP contribution in [0.5, 0.6) is 0 Å². The Hall–Kier alpha value is -4.25. The molecule has 0 radical (unpaired) electrons. The molecule has 0 aliphatic carbocycles. The number of nitrogens with one attached hydrogen (secondary N) is 1. The number of pyridine rings is 1. The van der Waals surface area contributed by atoms with Gasteiger partial charge in [0.05, 0.1) is 11.7 Å². The molecule has 6 rings (SSSR count). The molecule has 5 aromatic rings. The topological polar surface area (TPSA) is 102 Å². The van der Waals surface area contributed by atoms with Gasteiger partial charge < -0.3 is 15.1 Å². The molecule has 0 atom stereocenters. The van der Waals surface area contributed by atoms with Gasteiger partial charge in [0.2, 0.25) is 5.95 Å². The minimum atomic E-state index is -0.137. The molecule has 4 aromatic heterocycles. The fourth-order valence-electron chi connectivity index (χ4n) is 5.27. The van der Waals surface area contributed by atoms with Gasteiger partial charge in [-0.2, -0.15) is 10.1 Å². The van der Waals surface area contributed by atoms with Gasteiger partial charge in [0, 0.05) is 44.0 Å². The van der Waals surface area contributed by atoms with Crippen LogP contribution < -0.4 is 15.8 Å². The Morgan fingerprint density at radius 3 is 2.68 bits per heavy atom. The molecule has 38 heavy (non-hydrogen) atoms. The van der Waals surface area contributed by atoms with E-state index in [2.05, 4.69) is 39.3 Å². The van der Waals surface area contributed by atoms with Crippen LogP contribution >= 0.6 is 0 Å². The van der Waals surface area contributed by atoms with Crippen molar-refractivity contribution in [3.63, 3.8) is 0 Å². The SMILES string of the molecule is CCn1c(=O)c2cnc(Nc3ccc4c(cnn4C)c3)nc2n1-c1cccc(N(C)C2CCN(C)CC2)n1. The van der Waals surface area contributed by atoms with Crippen LogP contribution in [0, 0.1) is 0 Å². The summed E-state index contributed by atoms with van der Waals surface area (Å²) in [7, 11) is 6.18. The van der Waals surface area contributed by atoms with Crippen LogP contribution in [-0.4, -0.2) is 72.2 Å². The van der Waals surface area contributed by atoms with Crippen molar-refractivity contribution >= 4 is 39.4 Å². The van der Waals surface area contributed by atoms with Gasteiger partial charge in [-0.1, -0.05) is 6.07 Å². The number of aryl methyl sites for hydroxylation is 1. The second-order valence-corrected chi connectivity index (χ2v) is 9.93. The molecule has 1 N–H and O–H groups in total. The standard InChI is InChI=1S/C27H32N10O/c1-5-36-26(38)21-17-28-27(30-19-9-10-22-18(15-19)16-29-35(22)4)32-25(21)37(36)24-8-6-7-23(31-24)34(3)20-11-13-33(2)14-12-20/h6-10,15-17,20H,5,11-14H2,1-4H3,(H,28,30,32). The zero-order chi connectivity index (χ0) is 26.4. The highest BCUT2D eigenvalue weighted by Crippen LogP contribution is 2.24. The number of nitrogens with zero attached hydrogens (tertiary/aromatic N) is 9. The van der Waals surface area contributed by atoms with Gasteiger partial charge in [-0.25, -0.2) is 19.3 Å². The third-order valence-electron chi connectivity index (χ3n) is 7.51. The molecule has 11 heteroatoms. The number of aromatic nitrogens is 7. The van der Waals surface area contributed by atoms with Crippen LogP contribution in [0.2, 0.25) is 0 Å². The number of hydrogen-bond donors (Lipinski definition) is 1. The van der Waals surface area contributed by atoms with Gasteiger partial charge >= 0.3 is 0 Å². The summed E-state index contributed by atoms with van der Waals surface area (Å²) in [5.41, 5.74) is 2.26. The summed E-state index contributed by atoms with van der Waals surface area (Å²) in [5, 5.41) is 9.06. The van der Waals surface area contributed by atoms with Gasteiger partial charge in [0.25, 0.3) is 5.56 Å². The minimum Gasteiger partial charge on any atom is -0.357 e. The molecule has 1 aromatic carbocycles. The number of benzene rings is 1. The maximum Gasteiger partial charge on any atom is 0.278 e. The molecular formula is C27H32N10O. The molecule has 11 nitrogen and oxygen atoms in total. The van der Waals surface area contributed by atoms with Crippen LogP contribution in [0.1, 0.15) is 19.8 Å². The molecule has 1 saturated heterocycles. The number of likely N-dealkylation sites (tertiary alicyclic amines) is 1. The van der Waals surface area contributed by atoms with E-state index >= 15 is 0 Å². The first-order chi connectivity index (χ1) is 18.4. The molecule has 1 aliphatic rings. The molecule has 0 saturated carbocycles. The molecule has 1 aliphatic heterocycles. The lowest BCUT2D eigenvalue weighted by Gasteiger charge is -2.35. The van der Waals surface area contributed by atoms with Gasteiger partial charge in [-0.15, -0.1) is 0 Å². The van der Waals surface area contributed by atoms with Crippen molar-refractivity contribution < 1.29 is 0 Å². The van der Waals surface area contributed by atoms with E-state index in [9.17, 15) is 4.79 Å². The van der Waals surface area contributed by atoms with Gasteiger partial charge in [0.1, 0.15) is 11.2 Å². The maximum atomic E-state index is 13.3. The lowest BCUT2D eigenvalue weighted by molar-refractivity contribution is 0.252. The zero-order valence-corrected chi connectivity index (χ0v) is 22.2. The van der Waals surface area contributed by atoms with E-state index in [1.54, 1.807) is 15.6 Å². The Bertz CT molecular complexity index is 1670. The third kappa shape index (κ3) is 4.18. The average Bonchev–Trinajstić information content (AvgIpc) is 3.44. The highest BCUT2D eigenvalue weighted by molar-refractivity contribution is 5.83. The third-order valence-corrected chi connectivity index (χ3v) is 7.51. The van der Waals surface area contributed by atoms with Crippen LogP contribution in [0.4, 0.5) is 17.5 Å². The van der Waals surface area contributed by atoms with E-state index in [-0.39, 0.29) is 5.56 Å². The van der Waals surface area contributed by atoms with Gasteiger partial charge in [-0.3, -0.25) is 9.48 Å². The van der Waals surface area contributed by atoms with Crippen LogP contribution in [0.3, 0.4) is 0 Å². The molecule has 0 spiro atoms. The summed E-state index contributed by atoms with van der Waals surface area (Å²) in [6.07, 6.45) is 5.61. The Balaban J connectivity index is 1.38. The predicted octanol–water partition coefficient (Wildman–Crippen LogP) is 3.16. The van der Waals surface area contributed by atoms with Crippen molar-refractivity contribution in [1.29, 1.82) is 0 Å². The van der Waals surface area contributed by atoms with Crippen LogP contribution in [-0.2, 0) is 13.6 Å². The first-order valence-electron chi connectivity index (χ1n) is 13.0. The number of hydrogen-bond acceptors (Lipinski definition) is 8. The highest BCUT2D eigenvalue weighted by Gasteiger charge is 2.23. The van der Waals surface area contributed by atoms with Crippen molar-refractivity contribution in [2.24, 2.45) is 7.05 Å². The monoisotopic (exact) mass is 512 g/mol. The van der Waals surface area contributed by atoms with Gasteiger partial charge in [-0.05, 0) is 70.2 Å². The molecule has 0 bridgehead atoms. The molecule has 5 heterocycles. The summed E-state index contributed by atoms with van der Waals surface area (Å²) < 4.78 is 5.30. The van der Waals surface area contributed by atoms with E-state index in [0.717, 1.165) is 48.3 Å². The quantitative estimate of drug-likeness (QED) is 0.370.